The van der Waals surface area contributed by atoms with Crippen molar-refractivity contribution in [1.82, 2.24) is 29.3 Å². The van der Waals surface area contributed by atoms with E-state index in [0.717, 1.165) is 30.7 Å². The predicted molar refractivity (Wildman–Crippen MR) is 96.1 cm³/mol. The Morgan fingerprint density at radius 1 is 1.31 bits per heavy atom. The average molecular weight is 354 g/mol. The third-order valence-corrected chi connectivity index (χ3v) is 5.27. The van der Waals surface area contributed by atoms with Crippen LogP contribution >= 0.6 is 0 Å². The van der Waals surface area contributed by atoms with Gasteiger partial charge in [0.2, 0.25) is 0 Å². The van der Waals surface area contributed by atoms with E-state index in [1.807, 2.05) is 17.9 Å². The number of likely N-dealkylation sites (tertiary alicyclic amines) is 1. The Balaban J connectivity index is 1.76. The van der Waals surface area contributed by atoms with Crippen LogP contribution in [-0.2, 0) is 7.05 Å². The second-order valence-corrected chi connectivity index (χ2v) is 6.88. The number of piperidine rings is 1. The highest BCUT2D eigenvalue weighted by atomic mass is 16.2. The molecule has 0 spiro atoms. The standard InChI is InChI=1S/C18H22N6O2/c1-11-12(2)20-16-10-13(21-24(16)17(11)25)14-6-4-5-9-23(14)18(26)15-7-8-19-22(15)3/h7-8,10,14,21H,4-6,9H2,1-3H3/t14-/m1/s1. The number of nitrogens with zero attached hydrogens (tertiary/aromatic N) is 5. The molecule has 3 aromatic rings. The van der Waals surface area contributed by atoms with Crippen molar-refractivity contribution in [2.75, 3.05) is 6.54 Å². The maximum absolute atomic E-state index is 13.0. The molecule has 1 amide bonds. The lowest BCUT2D eigenvalue weighted by molar-refractivity contribution is 0.0594. The van der Waals surface area contributed by atoms with Gasteiger partial charge in [-0.1, -0.05) is 0 Å². The summed E-state index contributed by atoms with van der Waals surface area (Å²) in [7, 11) is 1.77. The first-order valence-electron chi connectivity index (χ1n) is 8.85. The van der Waals surface area contributed by atoms with Crippen LogP contribution in [0, 0.1) is 13.8 Å². The second-order valence-electron chi connectivity index (χ2n) is 6.88. The summed E-state index contributed by atoms with van der Waals surface area (Å²) in [5.74, 6) is -0.0407. The molecule has 1 atom stereocenters. The van der Waals surface area contributed by atoms with Crippen molar-refractivity contribution in [2.24, 2.45) is 7.05 Å². The van der Waals surface area contributed by atoms with Crippen LogP contribution in [0.25, 0.3) is 5.65 Å². The largest absolute Gasteiger partial charge is 0.329 e. The lowest BCUT2D eigenvalue weighted by atomic mass is 9.99. The van der Waals surface area contributed by atoms with Crippen molar-refractivity contribution in [3.8, 4) is 0 Å². The summed E-state index contributed by atoms with van der Waals surface area (Å²) in [6.45, 7) is 4.29. The summed E-state index contributed by atoms with van der Waals surface area (Å²) in [6.07, 6.45) is 4.49. The van der Waals surface area contributed by atoms with E-state index < -0.39 is 0 Å². The molecule has 3 aromatic heterocycles. The van der Waals surface area contributed by atoms with Crippen LogP contribution in [0.3, 0.4) is 0 Å². The van der Waals surface area contributed by atoms with E-state index in [0.29, 0.717) is 23.4 Å². The highest BCUT2D eigenvalue weighted by Crippen LogP contribution is 2.31. The molecule has 0 aromatic carbocycles. The monoisotopic (exact) mass is 354 g/mol. The van der Waals surface area contributed by atoms with Crippen LogP contribution in [0.2, 0.25) is 0 Å². The molecule has 0 radical (unpaired) electrons. The van der Waals surface area contributed by atoms with Gasteiger partial charge in [-0.25, -0.2) is 9.50 Å². The maximum Gasteiger partial charge on any atom is 0.275 e. The normalized spacial score (nSPS) is 17.8. The number of aromatic amines is 1. The van der Waals surface area contributed by atoms with Crippen LogP contribution in [0.15, 0.2) is 23.1 Å². The topological polar surface area (TPSA) is 88.3 Å². The van der Waals surface area contributed by atoms with Crippen LogP contribution < -0.4 is 5.56 Å². The Morgan fingerprint density at radius 3 is 2.85 bits per heavy atom. The molecular formula is C18H22N6O2. The highest BCUT2D eigenvalue weighted by molar-refractivity contribution is 5.92. The number of rotatable bonds is 2. The minimum Gasteiger partial charge on any atom is -0.329 e. The van der Waals surface area contributed by atoms with Gasteiger partial charge in [-0.3, -0.25) is 19.4 Å². The van der Waals surface area contributed by atoms with E-state index in [4.69, 9.17) is 0 Å². The van der Waals surface area contributed by atoms with Gasteiger partial charge >= 0.3 is 0 Å². The molecule has 136 valence electrons. The van der Waals surface area contributed by atoms with Crippen molar-refractivity contribution in [3.05, 3.63) is 51.3 Å². The molecule has 1 saturated heterocycles. The number of carbonyl (C=O) groups excluding carboxylic acids is 1. The van der Waals surface area contributed by atoms with Gasteiger partial charge in [0.25, 0.3) is 11.5 Å². The van der Waals surface area contributed by atoms with Gasteiger partial charge in [0.05, 0.1) is 11.7 Å². The van der Waals surface area contributed by atoms with E-state index in [1.165, 1.54) is 4.52 Å². The molecule has 8 heteroatoms. The fraction of sp³-hybridized carbons (Fsp3) is 0.444. The highest BCUT2D eigenvalue weighted by Gasteiger charge is 2.31. The first-order chi connectivity index (χ1) is 12.5. The van der Waals surface area contributed by atoms with Crippen molar-refractivity contribution in [1.29, 1.82) is 0 Å². The minimum absolute atomic E-state index is 0.0407. The van der Waals surface area contributed by atoms with Crippen LogP contribution in [-0.4, -0.2) is 41.7 Å². The average Bonchev–Trinajstić information content (AvgIpc) is 3.25. The zero-order valence-corrected chi connectivity index (χ0v) is 15.2. The van der Waals surface area contributed by atoms with Gasteiger partial charge in [0, 0.05) is 37.1 Å². The summed E-state index contributed by atoms with van der Waals surface area (Å²) < 4.78 is 3.07. The van der Waals surface area contributed by atoms with Crippen LogP contribution in [0.1, 0.15) is 52.7 Å². The summed E-state index contributed by atoms with van der Waals surface area (Å²) >= 11 is 0. The molecule has 0 saturated carbocycles. The Morgan fingerprint density at radius 2 is 2.12 bits per heavy atom. The zero-order chi connectivity index (χ0) is 18.4. The van der Waals surface area contributed by atoms with Crippen LogP contribution in [0.5, 0.6) is 0 Å². The molecule has 0 unspecified atom stereocenters. The lowest BCUT2D eigenvalue weighted by Crippen LogP contribution is -2.39. The SMILES string of the molecule is Cc1nc2cc([C@H]3CCCCN3C(=O)c3ccnn3C)[nH]n2c(=O)c1C. The number of aryl methyl sites for hydroxylation is 2. The van der Waals surface area contributed by atoms with E-state index in [2.05, 4.69) is 15.2 Å². The number of fused-ring (bicyclic) bond motifs is 1. The predicted octanol–water partition coefficient (Wildman–Crippen LogP) is 1.74. The Hall–Kier alpha value is -2.90. The zero-order valence-electron chi connectivity index (χ0n) is 15.2. The van der Waals surface area contributed by atoms with Crippen LogP contribution in [0.4, 0.5) is 0 Å². The number of hydrogen-bond donors (Lipinski definition) is 1. The van der Waals surface area contributed by atoms with Gasteiger partial charge in [-0.05, 0) is 39.2 Å². The van der Waals surface area contributed by atoms with Gasteiger partial charge < -0.3 is 4.90 Å². The van der Waals surface area contributed by atoms with Crippen molar-refractivity contribution in [3.63, 3.8) is 0 Å². The third-order valence-electron chi connectivity index (χ3n) is 5.27. The fourth-order valence-corrected chi connectivity index (χ4v) is 3.64. The molecule has 4 rings (SSSR count). The van der Waals surface area contributed by atoms with Crippen molar-refractivity contribution < 1.29 is 4.79 Å². The van der Waals surface area contributed by atoms with E-state index >= 15 is 0 Å². The maximum atomic E-state index is 13.0. The molecule has 8 nitrogen and oxygen atoms in total. The minimum atomic E-state index is -0.104. The number of H-pyrrole nitrogens is 1. The third kappa shape index (κ3) is 2.53. The fourth-order valence-electron chi connectivity index (χ4n) is 3.64. The molecule has 0 bridgehead atoms. The number of amides is 1. The van der Waals surface area contributed by atoms with Crippen molar-refractivity contribution >= 4 is 11.6 Å². The Labute approximate surface area is 150 Å². The quantitative estimate of drug-likeness (QED) is 0.759. The molecular weight excluding hydrogens is 332 g/mol. The number of hydrogen-bond acceptors (Lipinski definition) is 4. The van der Waals surface area contributed by atoms with E-state index in [-0.39, 0.29) is 17.5 Å². The first kappa shape index (κ1) is 16.6. The molecule has 1 aliphatic rings. The van der Waals surface area contributed by atoms with Gasteiger partial charge in [0.15, 0.2) is 5.65 Å². The second kappa shape index (κ2) is 6.12. The molecule has 1 fully saturated rings. The molecule has 1 N–H and O–H groups in total. The van der Waals surface area contributed by atoms with Gasteiger partial charge in [-0.2, -0.15) is 5.10 Å². The van der Waals surface area contributed by atoms with Crippen molar-refractivity contribution in [2.45, 2.75) is 39.2 Å². The Kier molecular flexibility index (Phi) is 3.90. The molecule has 0 aliphatic carbocycles. The summed E-state index contributed by atoms with van der Waals surface area (Å²) in [4.78, 5) is 31.9. The lowest BCUT2D eigenvalue weighted by Gasteiger charge is -2.35. The van der Waals surface area contributed by atoms with Gasteiger partial charge in [0.1, 0.15) is 5.69 Å². The van der Waals surface area contributed by atoms with E-state index in [9.17, 15) is 9.59 Å². The number of aromatic nitrogens is 5. The van der Waals surface area contributed by atoms with Gasteiger partial charge in [-0.15, -0.1) is 0 Å². The summed E-state index contributed by atoms with van der Waals surface area (Å²) in [6, 6.07) is 3.51. The van der Waals surface area contributed by atoms with E-state index in [1.54, 1.807) is 30.9 Å². The smallest absolute Gasteiger partial charge is 0.275 e. The summed E-state index contributed by atoms with van der Waals surface area (Å²) in [5.41, 5.74) is 3.25. The molecule has 1 aliphatic heterocycles. The number of nitrogens with one attached hydrogen (secondary N) is 1. The first-order valence-corrected chi connectivity index (χ1v) is 8.85. The summed E-state index contributed by atoms with van der Waals surface area (Å²) in [5, 5.41) is 7.27. The molecule has 26 heavy (non-hydrogen) atoms. The Bertz CT molecular complexity index is 1040. The molecule has 4 heterocycles. The number of carbonyl (C=O) groups is 1.